The first-order valence-electron chi connectivity index (χ1n) is 4.16. The molecule has 0 amide bonds. The number of rotatable bonds is 3. The minimum atomic E-state index is 0.962. The maximum Gasteiger partial charge on any atom is 0.124 e. The molecule has 0 radical (unpaired) electrons. The smallest absolute Gasteiger partial charge is 0.124 e. The highest BCUT2D eigenvalue weighted by atomic mass is 16.5. The number of nitrogens with one attached hydrogen (secondary N) is 1. The molecule has 0 heterocycles. The fourth-order valence-corrected chi connectivity index (χ4v) is 1.19. The van der Waals surface area contributed by atoms with Gasteiger partial charge in [0, 0.05) is 18.8 Å². The van der Waals surface area contributed by atoms with E-state index in [0.29, 0.717) is 0 Å². The summed E-state index contributed by atoms with van der Waals surface area (Å²) in [4.78, 5) is 0. The van der Waals surface area contributed by atoms with Crippen molar-refractivity contribution in [1.82, 2.24) is 0 Å². The van der Waals surface area contributed by atoms with E-state index in [0.717, 1.165) is 17.9 Å². The van der Waals surface area contributed by atoms with Crippen LogP contribution in [-0.2, 0) is 6.42 Å². The molecule has 0 atom stereocenters. The van der Waals surface area contributed by atoms with Gasteiger partial charge in [-0.1, -0.05) is 13.0 Å². The van der Waals surface area contributed by atoms with Gasteiger partial charge in [0.15, 0.2) is 0 Å². The summed E-state index contributed by atoms with van der Waals surface area (Å²) in [5.74, 6) is 0.962. The third-order valence-electron chi connectivity index (χ3n) is 1.96. The van der Waals surface area contributed by atoms with Crippen molar-refractivity contribution in [2.75, 3.05) is 19.5 Å². The SMILES string of the molecule is CCc1ccc(NC)cc1OC. The molecule has 12 heavy (non-hydrogen) atoms. The Balaban J connectivity index is 3.02. The maximum absolute atomic E-state index is 5.24. The first kappa shape index (κ1) is 8.91. The number of anilines is 1. The summed E-state index contributed by atoms with van der Waals surface area (Å²) in [6.45, 7) is 2.12. The molecule has 0 bridgehead atoms. The molecule has 1 aromatic rings. The molecular formula is C10H15NO. The molecule has 0 saturated carbocycles. The molecule has 0 aliphatic heterocycles. The Labute approximate surface area is 73.6 Å². The molecule has 1 rings (SSSR count). The maximum atomic E-state index is 5.24. The van der Waals surface area contributed by atoms with E-state index in [-0.39, 0.29) is 0 Å². The van der Waals surface area contributed by atoms with Crippen LogP contribution >= 0.6 is 0 Å². The largest absolute Gasteiger partial charge is 0.496 e. The second-order valence-electron chi connectivity index (χ2n) is 2.63. The Bertz CT molecular complexity index is 258. The Hall–Kier alpha value is -1.18. The summed E-state index contributed by atoms with van der Waals surface area (Å²) >= 11 is 0. The molecule has 2 nitrogen and oxygen atoms in total. The summed E-state index contributed by atoms with van der Waals surface area (Å²) in [6, 6.07) is 6.16. The van der Waals surface area contributed by atoms with Gasteiger partial charge >= 0.3 is 0 Å². The molecule has 0 aliphatic rings. The fourth-order valence-electron chi connectivity index (χ4n) is 1.19. The lowest BCUT2D eigenvalue weighted by Gasteiger charge is -2.08. The average molecular weight is 165 g/mol. The van der Waals surface area contributed by atoms with Crippen molar-refractivity contribution in [3.05, 3.63) is 23.8 Å². The molecule has 2 heteroatoms. The average Bonchev–Trinajstić information content (AvgIpc) is 2.16. The summed E-state index contributed by atoms with van der Waals surface area (Å²) < 4.78 is 5.24. The molecule has 0 unspecified atom stereocenters. The van der Waals surface area contributed by atoms with Crippen molar-refractivity contribution < 1.29 is 4.74 Å². The summed E-state index contributed by atoms with van der Waals surface area (Å²) in [6.07, 6.45) is 1.01. The van der Waals surface area contributed by atoms with Crippen molar-refractivity contribution in [3.63, 3.8) is 0 Å². The standard InChI is InChI=1S/C10H15NO/c1-4-8-5-6-9(11-2)7-10(8)12-3/h5-7,11H,4H2,1-3H3. The van der Waals surface area contributed by atoms with Gasteiger partial charge in [0.05, 0.1) is 7.11 Å². The van der Waals surface area contributed by atoms with Gasteiger partial charge in [-0.3, -0.25) is 0 Å². The van der Waals surface area contributed by atoms with Crippen molar-refractivity contribution in [1.29, 1.82) is 0 Å². The summed E-state index contributed by atoms with van der Waals surface area (Å²) in [5.41, 5.74) is 2.33. The van der Waals surface area contributed by atoms with Crippen LogP contribution in [0.25, 0.3) is 0 Å². The number of benzene rings is 1. The number of hydrogen-bond donors (Lipinski definition) is 1. The highest BCUT2D eigenvalue weighted by Crippen LogP contribution is 2.22. The number of ether oxygens (including phenoxy) is 1. The van der Waals surface area contributed by atoms with E-state index in [9.17, 15) is 0 Å². The fraction of sp³-hybridized carbons (Fsp3) is 0.400. The molecule has 0 aromatic heterocycles. The Morgan fingerprint density at radius 3 is 2.67 bits per heavy atom. The lowest BCUT2D eigenvalue weighted by atomic mass is 10.1. The molecule has 0 aliphatic carbocycles. The Morgan fingerprint density at radius 1 is 1.42 bits per heavy atom. The second-order valence-corrected chi connectivity index (χ2v) is 2.63. The van der Waals surface area contributed by atoms with Crippen molar-refractivity contribution in [2.45, 2.75) is 13.3 Å². The number of methoxy groups -OCH3 is 1. The van der Waals surface area contributed by atoms with Gasteiger partial charge in [0.1, 0.15) is 5.75 Å². The normalized spacial score (nSPS) is 9.58. The van der Waals surface area contributed by atoms with Gasteiger partial charge in [-0.2, -0.15) is 0 Å². The highest BCUT2D eigenvalue weighted by molar-refractivity contribution is 5.51. The monoisotopic (exact) mass is 165 g/mol. The van der Waals surface area contributed by atoms with E-state index < -0.39 is 0 Å². The van der Waals surface area contributed by atoms with E-state index in [4.69, 9.17) is 4.74 Å². The molecule has 0 fully saturated rings. The third-order valence-corrected chi connectivity index (χ3v) is 1.96. The van der Waals surface area contributed by atoms with Gasteiger partial charge in [-0.25, -0.2) is 0 Å². The van der Waals surface area contributed by atoms with Crippen LogP contribution < -0.4 is 10.1 Å². The van der Waals surface area contributed by atoms with Crippen molar-refractivity contribution in [2.24, 2.45) is 0 Å². The van der Waals surface area contributed by atoms with Crippen LogP contribution in [0.15, 0.2) is 18.2 Å². The van der Waals surface area contributed by atoms with E-state index in [1.54, 1.807) is 7.11 Å². The number of aryl methyl sites for hydroxylation is 1. The molecule has 66 valence electrons. The molecule has 0 saturated heterocycles. The van der Waals surface area contributed by atoms with E-state index >= 15 is 0 Å². The van der Waals surface area contributed by atoms with Crippen LogP contribution in [0.2, 0.25) is 0 Å². The van der Waals surface area contributed by atoms with Crippen molar-refractivity contribution in [3.8, 4) is 5.75 Å². The second kappa shape index (κ2) is 4.00. The minimum absolute atomic E-state index is 0.962. The van der Waals surface area contributed by atoms with Crippen LogP contribution in [0.5, 0.6) is 5.75 Å². The van der Waals surface area contributed by atoms with Crippen LogP contribution in [0.1, 0.15) is 12.5 Å². The zero-order chi connectivity index (χ0) is 8.97. The Morgan fingerprint density at radius 2 is 2.17 bits per heavy atom. The lowest BCUT2D eigenvalue weighted by molar-refractivity contribution is 0.410. The topological polar surface area (TPSA) is 21.3 Å². The van der Waals surface area contributed by atoms with Crippen LogP contribution in [-0.4, -0.2) is 14.2 Å². The first-order chi connectivity index (χ1) is 5.81. The van der Waals surface area contributed by atoms with Crippen LogP contribution in [0.4, 0.5) is 5.69 Å². The van der Waals surface area contributed by atoms with Crippen LogP contribution in [0.3, 0.4) is 0 Å². The molecular weight excluding hydrogens is 150 g/mol. The third kappa shape index (κ3) is 1.70. The van der Waals surface area contributed by atoms with Crippen molar-refractivity contribution >= 4 is 5.69 Å². The quantitative estimate of drug-likeness (QED) is 0.742. The van der Waals surface area contributed by atoms with Gasteiger partial charge in [0.2, 0.25) is 0 Å². The predicted molar refractivity (Wildman–Crippen MR) is 51.9 cm³/mol. The molecule has 1 aromatic carbocycles. The van der Waals surface area contributed by atoms with Gasteiger partial charge in [0.25, 0.3) is 0 Å². The zero-order valence-electron chi connectivity index (χ0n) is 7.85. The van der Waals surface area contributed by atoms with Gasteiger partial charge in [-0.05, 0) is 18.1 Å². The number of hydrogen-bond acceptors (Lipinski definition) is 2. The van der Waals surface area contributed by atoms with Gasteiger partial charge < -0.3 is 10.1 Å². The van der Waals surface area contributed by atoms with E-state index in [1.165, 1.54) is 5.56 Å². The van der Waals surface area contributed by atoms with E-state index in [1.807, 2.05) is 13.1 Å². The first-order valence-corrected chi connectivity index (χ1v) is 4.16. The zero-order valence-corrected chi connectivity index (χ0v) is 7.85. The highest BCUT2D eigenvalue weighted by Gasteiger charge is 2.00. The van der Waals surface area contributed by atoms with Crippen LogP contribution in [0, 0.1) is 0 Å². The Kier molecular flexibility index (Phi) is 2.97. The minimum Gasteiger partial charge on any atom is -0.496 e. The summed E-state index contributed by atoms with van der Waals surface area (Å²) in [5, 5.41) is 3.07. The predicted octanol–water partition coefficient (Wildman–Crippen LogP) is 2.30. The van der Waals surface area contributed by atoms with E-state index in [2.05, 4.69) is 24.4 Å². The lowest BCUT2D eigenvalue weighted by Crippen LogP contribution is -1.93. The molecule has 0 spiro atoms. The molecule has 1 N–H and O–H groups in total. The van der Waals surface area contributed by atoms with Gasteiger partial charge in [-0.15, -0.1) is 0 Å². The summed E-state index contributed by atoms with van der Waals surface area (Å²) in [7, 11) is 3.61.